The third-order valence-electron chi connectivity index (χ3n) is 10.3. The van der Waals surface area contributed by atoms with Crippen molar-refractivity contribution in [1.29, 1.82) is 0 Å². The average Bonchev–Trinajstić information content (AvgIpc) is 3.84. The van der Waals surface area contributed by atoms with E-state index in [4.69, 9.17) is 28.0 Å². The van der Waals surface area contributed by atoms with Crippen LogP contribution in [-0.4, -0.2) is 112 Å². The number of nitrogens with zero attached hydrogens (tertiary/aromatic N) is 3. The van der Waals surface area contributed by atoms with Gasteiger partial charge in [0.15, 0.2) is 12.6 Å². The molecule has 6 rings (SSSR count). The molecule has 3 saturated heterocycles. The number of nitrogens with one attached hydrogen (secondary N) is 1. The van der Waals surface area contributed by atoms with Gasteiger partial charge in [-0.2, -0.15) is 17.0 Å². The van der Waals surface area contributed by atoms with Gasteiger partial charge in [0.1, 0.15) is 11.9 Å². The van der Waals surface area contributed by atoms with Gasteiger partial charge in [-0.3, -0.25) is 4.57 Å². The van der Waals surface area contributed by atoms with Crippen LogP contribution in [0.2, 0.25) is 0 Å². The maximum Gasteiger partial charge on any atom is 0.407 e. The minimum absolute atomic E-state index is 0.0141. The number of benzene rings is 3. The fraction of sp³-hybridized carbons (Fsp3) is 0.537. The van der Waals surface area contributed by atoms with E-state index in [9.17, 15) is 17.8 Å². The van der Waals surface area contributed by atoms with E-state index in [0.717, 1.165) is 23.1 Å². The molecule has 3 aliphatic rings. The molecule has 14 nitrogen and oxygen atoms in total. The zero-order valence-electron chi connectivity index (χ0n) is 33.1. The Labute approximate surface area is 337 Å². The van der Waals surface area contributed by atoms with Gasteiger partial charge < -0.3 is 38.2 Å². The third kappa shape index (κ3) is 12.8. The number of rotatable bonds is 20. The molecule has 0 aliphatic carbocycles. The summed E-state index contributed by atoms with van der Waals surface area (Å²) < 4.78 is 79.7. The zero-order valence-corrected chi connectivity index (χ0v) is 34.9. The molecule has 0 radical (unpaired) electrons. The van der Waals surface area contributed by atoms with E-state index in [0.29, 0.717) is 57.9 Å². The van der Waals surface area contributed by atoms with Crippen LogP contribution in [0.5, 0.6) is 5.75 Å². The molecular weight excluding hydrogens is 772 g/mol. The Bertz CT molecular complexity index is 1800. The lowest BCUT2D eigenvalue weighted by atomic mass is 10.0. The molecule has 1 unspecified atom stereocenters. The number of hydrogen-bond donors (Lipinski definition) is 1. The number of piperazine rings is 1. The summed E-state index contributed by atoms with van der Waals surface area (Å²) in [5, 5.41) is 3.03. The van der Waals surface area contributed by atoms with Crippen LogP contribution in [0, 0.1) is 11.8 Å². The second-order valence-electron chi connectivity index (χ2n) is 15.3. The SMILES string of the molecule is CC(C)CN(CC[C@H](Cc1ccc(OCP(=O)(OCc2ccccc2)OCc2ccccc2)cc1)NC(=O)OC1CO[C@H]2OCC[C@@H]12)S(=O)(=O)N1CCN(C)CC1. The first-order chi connectivity index (χ1) is 27.5. The van der Waals surface area contributed by atoms with E-state index in [1.165, 1.54) is 0 Å². The van der Waals surface area contributed by atoms with Gasteiger partial charge in [0.05, 0.1) is 32.3 Å². The van der Waals surface area contributed by atoms with E-state index in [-0.39, 0.29) is 50.8 Å². The van der Waals surface area contributed by atoms with Crippen molar-refractivity contribution >= 4 is 23.9 Å². The van der Waals surface area contributed by atoms with Crippen molar-refractivity contribution in [3.8, 4) is 5.75 Å². The van der Waals surface area contributed by atoms with Gasteiger partial charge >= 0.3 is 13.7 Å². The highest BCUT2D eigenvalue weighted by Crippen LogP contribution is 2.49. The van der Waals surface area contributed by atoms with Crippen molar-refractivity contribution < 1.29 is 45.8 Å². The van der Waals surface area contributed by atoms with Crippen molar-refractivity contribution in [3.05, 3.63) is 102 Å². The molecular formula is C41H57N4O10PS. The van der Waals surface area contributed by atoms with Gasteiger partial charge in [-0.05, 0) is 61.1 Å². The zero-order chi connectivity index (χ0) is 40.3. The monoisotopic (exact) mass is 828 g/mol. The highest BCUT2D eigenvalue weighted by atomic mass is 32.2. The summed E-state index contributed by atoms with van der Waals surface area (Å²) in [7, 11) is -5.44. The third-order valence-corrected chi connectivity index (χ3v) is 13.8. The molecule has 3 fully saturated rings. The first-order valence-corrected chi connectivity index (χ1v) is 22.9. The summed E-state index contributed by atoms with van der Waals surface area (Å²) in [5.74, 6) is 0.549. The number of carbonyl (C=O) groups excluding carboxylic acids is 1. The van der Waals surface area contributed by atoms with E-state index in [1.807, 2.05) is 93.7 Å². The van der Waals surface area contributed by atoms with Crippen LogP contribution >= 0.6 is 7.60 Å². The Kier molecular flexibility index (Phi) is 15.6. The van der Waals surface area contributed by atoms with Crippen LogP contribution in [0.1, 0.15) is 43.4 Å². The average molecular weight is 829 g/mol. The summed E-state index contributed by atoms with van der Waals surface area (Å²) >= 11 is 0. The smallest absolute Gasteiger partial charge is 0.407 e. The van der Waals surface area contributed by atoms with Crippen LogP contribution in [0.15, 0.2) is 84.9 Å². The lowest BCUT2D eigenvalue weighted by molar-refractivity contribution is -0.0907. The second-order valence-corrected chi connectivity index (χ2v) is 19.2. The van der Waals surface area contributed by atoms with Crippen molar-refractivity contribution in [2.75, 3.05) is 65.9 Å². The second kappa shape index (κ2) is 20.5. The Morgan fingerprint density at radius 1 is 0.895 bits per heavy atom. The molecule has 3 aromatic rings. The lowest BCUT2D eigenvalue weighted by Gasteiger charge is -2.36. The minimum atomic E-state index is -3.73. The number of ether oxygens (including phenoxy) is 4. The van der Waals surface area contributed by atoms with Crippen LogP contribution in [0.4, 0.5) is 4.79 Å². The van der Waals surface area contributed by atoms with Crippen LogP contribution in [-0.2, 0) is 57.7 Å². The summed E-state index contributed by atoms with van der Waals surface area (Å²) in [6.07, 6.45) is -0.160. The van der Waals surface area contributed by atoms with Gasteiger partial charge in [0.25, 0.3) is 10.2 Å². The van der Waals surface area contributed by atoms with Crippen molar-refractivity contribution in [1.82, 2.24) is 18.8 Å². The molecule has 16 heteroatoms. The van der Waals surface area contributed by atoms with E-state index < -0.39 is 36.0 Å². The molecule has 0 spiro atoms. The number of hydrogen-bond acceptors (Lipinski definition) is 11. The molecule has 312 valence electrons. The fourth-order valence-electron chi connectivity index (χ4n) is 7.07. The van der Waals surface area contributed by atoms with Gasteiger partial charge in [-0.15, -0.1) is 0 Å². The molecule has 3 heterocycles. The standard InChI is InChI=1S/C41H57N4O10PS/c1-32(2)27-45(57(48,49)44-23-21-43(3)22-24-44)20-18-36(42-41(46)55-39-30-51-40-38(39)19-25-50-40)26-33-14-16-37(17-15-33)52-31-56(47,53-28-34-10-6-4-7-11-34)54-29-35-12-8-5-9-13-35/h4-17,32,36,38-40H,18-31H2,1-3H3,(H,42,46)/t36-,38+,39?,40-/m1/s1. The minimum Gasteiger partial charge on any atom is -0.481 e. The molecule has 1 N–H and O–H groups in total. The van der Waals surface area contributed by atoms with Gasteiger partial charge in [-0.25, -0.2) is 4.79 Å². The van der Waals surface area contributed by atoms with E-state index in [2.05, 4.69) is 10.2 Å². The van der Waals surface area contributed by atoms with Crippen LogP contribution in [0.3, 0.4) is 0 Å². The van der Waals surface area contributed by atoms with Gasteiger partial charge in [0.2, 0.25) is 0 Å². The van der Waals surface area contributed by atoms with Crippen molar-refractivity contribution in [2.24, 2.45) is 11.8 Å². The van der Waals surface area contributed by atoms with E-state index >= 15 is 0 Å². The molecule has 3 aromatic carbocycles. The highest BCUT2D eigenvalue weighted by Gasteiger charge is 2.44. The molecule has 0 aromatic heterocycles. The number of amides is 1. The first-order valence-electron chi connectivity index (χ1n) is 19.8. The number of alkyl carbamates (subject to hydrolysis) is 1. The number of fused-ring (bicyclic) bond motifs is 1. The van der Waals surface area contributed by atoms with Crippen LogP contribution in [0.25, 0.3) is 0 Å². The summed E-state index contributed by atoms with van der Waals surface area (Å²) in [5.41, 5.74) is 2.59. The molecule has 0 bridgehead atoms. The number of likely N-dealkylation sites (N-methyl/N-ethyl adjacent to an activating group) is 1. The molecule has 0 saturated carbocycles. The van der Waals surface area contributed by atoms with Crippen molar-refractivity contribution in [2.45, 2.75) is 64.8 Å². The highest BCUT2D eigenvalue weighted by molar-refractivity contribution is 7.86. The molecule has 4 atom stereocenters. The first kappa shape index (κ1) is 43.2. The van der Waals surface area contributed by atoms with Gasteiger partial charge in [0, 0.05) is 45.3 Å². The normalized spacial score (nSPS) is 21.1. The Balaban J connectivity index is 1.11. The Hall–Kier alpha value is -3.37. The predicted octanol–water partition coefficient (Wildman–Crippen LogP) is 5.89. The Morgan fingerprint density at radius 3 is 2.14 bits per heavy atom. The van der Waals surface area contributed by atoms with Gasteiger partial charge in [-0.1, -0.05) is 86.6 Å². The predicted molar refractivity (Wildman–Crippen MR) is 216 cm³/mol. The molecule has 57 heavy (non-hydrogen) atoms. The topological polar surface area (TPSA) is 145 Å². The number of carbonyl (C=O) groups is 1. The molecule has 1 amide bonds. The summed E-state index contributed by atoms with van der Waals surface area (Å²) in [6.45, 7) is 7.78. The Morgan fingerprint density at radius 2 is 1.53 bits per heavy atom. The summed E-state index contributed by atoms with van der Waals surface area (Å²) in [6, 6.07) is 25.7. The largest absolute Gasteiger partial charge is 0.481 e. The molecule has 3 aliphatic heterocycles. The lowest BCUT2D eigenvalue weighted by Crippen LogP contribution is -2.53. The maximum absolute atomic E-state index is 13.9. The maximum atomic E-state index is 13.9. The van der Waals surface area contributed by atoms with E-state index in [1.54, 1.807) is 20.7 Å². The quantitative estimate of drug-likeness (QED) is 0.136. The fourth-order valence-corrected chi connectivity index (χ4v) is 10.1. The van der Waals surface area contributed by atoms with Crippen molar-refractivity contribution in [3.63, 3.8) is 0 Å². The summed E-state index contributed by atoms with van der Waals surface area (Å²) in [4.78, 5) is 15.5. The van der Waals surface area contributed by atoms with Crippen LogP contribution < -0.4 is 10.1 Å².